The number of hydrogen-bond acceptors (Lipinski definition) is 6. The van der Waals surface area contributed by atoms with E-state index in [4.69, 9.17) is 14.7 Å². The number of para-hydroxylation sites is 1. The number of thiazole rings is 1. The van der Waals surface area contributed by atoms with Gasteiger partial charge in [-0.15, -0.1) is 11.3 Å². The molecule has 3 aromatic rings. The van der Waals surface area contributed by atoms with Crippen molar-refractivity contribution in [3.8, 4) is 6.07 Å². The van der Waals surface area contributed by atoms with Gasteiger partial charge >= 0.3 is 0 Å². The van der Waals surface area contributed by atoms with Gasteiger partial charge in [-0.05, 0) is 50.2 Å². The molecule has 1 aliphatic heterocycles. The van der Waals surface area contributed by atoms with Gasteiger partial charge in [-0.25, -0.2) is 4.98 Å². The highest BCUT2D eigenvalue weighted by atomic mass is 32.1. The highest BCUT2D eigenvalue weighted by molar-refractivity contribution is 7.18. The van der Waals surface area contributed by atoms with Crippen LogP contribution in [0.1, 0.15) is 35.9 Å². The van der Waals surface area contributed by atoms with Crippen LogP contribution in [0.15, 0.2) is 47.1 Å². The molecule has 1 fully saturated rings. The Morgan fingerprint density at radius 1 is 1.28 bits per heavy atom. The maximum absolute atomic E-state index is 12.8. The Hall–Kier alpha value is -2.69. The monoisotopic (exact) mass is 408 g/mol. The van der Waals surface area contributed by atoms with E-state index in [2.05, 4.69) is 29.2 Å². The average molecular weight is 409 g/mol. The number of nitrogens with zero attached hydrogens (tertiary/aromatic N) is 4. The summed E-state index contributed by atoms with van der Waals surface area (Å²) in [6.45, 7) is 3.00. The number of piperidine rings is 1. The molecular weight excluding hydrogens is 384 g/mol. The summed E-state index contributed by atoms with van der Waals surface area (Å²) < 4.78 is 6.62. The predicted molar refractivity (Wildman–Crippen MR) is 112 cm³/mol. The van der Waals surface area contributed by atoms with Gasteiger partial charge in [0, 0.05) is 12.5 Å². The van der Waals surface area contributed by atoms with E-state index in [-0.39, 0.29) is 5.91 Å². The number of likely N-dealkylation sites (tertiary alicyclic amines) is 1. The van der Waals surface area contributed by atoms with Crippen molar-refractivity contribution in [1.29, 1.82) is 5.26 Å². The van der Waals surface area contributed by atoms with Gasteiger partial charge in [-0.2, -0.15) is 5.26 Å². The van der Waals surface area contributed by atoms with Crippen LogP contribution in [0.3, 0.4) is 0 Å². The highest BCUT2D eigenvalue weighted by Crippen LogP contribution is 2.33. The molecule has 1 aliphatic rings. The van der Waals surface area contributed by atoms with Crippen molar-refractivity contribution in [3.05, 3.63) is 53.4 Å². The van der Waals surface area contributed by atoms with Gasteiger partial charge in [0.15, 0.2) is 0 Å². The molecule has 0 unspecified atom stereocenters. The second kappa shape index (κ2) is 9.21. The Labute approximate surface area is 174 Å². The van der Waals surface area contributed by atoms with Crippen molar-refractivity contribution in [3.63, 3.8) is 0 Å². The summed E-state index contributed by atoms with van der Waals surface area (Å²) in [6, 6.07) is 14.1. The first-order chi connectivity index (χ1) is 14.2. The van der Waals surface area contributed by atoms with Crippen molar-refractivity contribution < 1.29 is 9.21 Å². The number of amides is 1. The molecule has 6 nitrogen and oxygen atoms in total. The first-order valence-corrected chi connectivity index (χ1v) is 10.8. The predicted octanol–water partition coefficient (Wildman–Crippen LogP) is 4.01. The van der Waals surface area contributed by atoms with Crippen LogP contribution in [-0.2, 0) is 11.3 Å². The van der Waals surface area contributed by atoms with Gasteiger partial charge in [0.25, 0.3) is 0 Å². The summed E-state index contributed by atoms with van der Waals surface area (Å²) in [7, 11) is 0. The Morgan fingerprint density at radius 2 is 2.10 bits per heavy atom. The summed E-state index contributed by atoms with van der Waals surface area (Å²) >= 11 is 1.79. The lowest BCUT2D eigenvalue weighted by Gasteiger charge is -2.32. The Balaban J connectivity index is 1.32. The third-order valence-corrected chi connectivity index (χ3v) is 6.58. The molecule has 0 radical (unpaired) electrons. The molecule has 150 valence electrons. The van der Waals surface area contributed by atoms with E-state index in [1.807, 2.05) is 18.2 Å². The van der Waals surface area contributed by atoms with Crippen LogP contribution < -0.4 is 0 Å². The zero-order valence-electron chi connectivity index (χ0n) is 16.3. The van der Waals surface area contributed by atoms with Crippen LogP contribution in [0, 0.1) is 11.3 Å². The zero-order chi connectivity index (χ0) is 20.1. The number of rotatable bonds is 7. The van der Waals surface area contributed by atoms with E-state index in [1.54, 1.807) is 22.5 Å². The quantitative estimate of drug-likeness (QED) is 0.591. The molecule has 2 aromatic heterocycles. The molecule has 1 amide bonds. The van der Waals surface area contributed by atoms with Crippen molar-refractivity contribution >= 4 is 27.5 Å². The first kappa shape index (κ1) is 19.6. The largest absolute Gasteiger partial charge is 0.467 e. The van der Waals surface area contributed by atoms with Crippen LogP contribution in [0.2, 0.25) is 0 Å². The summed E-state index contributed by atoms with van der Waals surface area (Å²) in [5.41, 5.74) is 1.08. The maximum Gasteiger partial charge on any atom is 0.237 e. The van der Waals surface area contributed by atoms with Crippen molar-refractivity contribution in [1.82, 2.24) is 14.8 Å². The number of benzene rings is 1. The molecule has 0 bridgehead atoms. The van der Waals surface area contributed by atoms with Gasteiger partial charge in [0.2, 0.25) is 5.91 Å². The first-order valence-electron chi connectivity index (χ1n) is 9.98. The summed E-state index contributed by atoms with van der Waals surface area (Å²) in [4.78, 5) is 21.6. The third-order valence-electron chi connectivity index (χ3n) is 5.38. The molecule has 0 spiro atoms. The maximum atomic E-state index is 12.8. The standard InChI is InChI=1S/C22H24N4O2S/c23-10-4-11-26(15-18-5-3-14-28-18)21(27)16-25-12-8-17(9-13-25)22-24-19-6-1-2-7-20(19)29-22/h1-3,5-7,14,17H,4,8-9,11-13,15-16H2. The SMILES string of the molecule is N#CCCN(Cc1ccco1)C(=O)CN1CCC(c2nc3ccccc3s2)CC1. The average Bonchev–Trinajstić information content (AvgIpc) is 3.41. The van der Waals surface area contributed by atoms with Crippen LogP contribution in [0.25, 0.3) is 10.2 Å². The van der Waals surface area contributed by atoms with Crippen LogP contribution in [-0.4, -0.2) is 46.9 Å². The Bertz CT molecular complexity index is 951. The molecule has 7 heteroatoms. The topological polar surface area (TPSA) is 73.4 Å². The fourth-order valence-corrected chi connectivity index (χ4v) is 4.90. The lowest BCUT2D eigenvalue weighted by Crippen LogP contribution is -2.43. The number of carbonyl (C=O) groups excluding carboxylic acids is 1. The van der Waals surface area contributed by atoms with E-state index in [9.17, 15) is 4.79 Å². The zero-order valence-corrected chi connectivity index (χ0v) is 17.1. The number of hydrogen-bond donors (Lipinski definition) is 0. The molecule has 1 aromatic carbocycles. The van der Waals surface area contributed by atoms with Crippen molar-refractivity contribution in [2.24, 2.45) is 0 Å². The Morgan fingerprint density at radius 3 is 2.83 bits per heavy atom. The number of furan rings is 1. The van der Waals surface area contributed by atoms with Crippen molar-refractivity contribution in [2.75, 3.05) is 26.2 Å². The number of nitriles is 1. The third kappa shape index (κ3) is 4.84. The van der Waals surface area contributed by atoms with Crippen LogP contribution in [0.5, 0.6) is 0 Å². The molecular formula is C22H24N4O2S. The minimum atomic E-state index is 0.0510. The summed E-state index contributed by atoms with van der Waals surface area (Å²) in [5, 5.41) is 10.1. The van der Waals surface area contributed by atoms with E-state index in [1.165, 1.54) is 9.71 Å². The molecule has 3 heterocycles. The second-order valence-electron chi connectivity index (χ2n) is 7.37. The molecule has 29 heavy (non-hydrogen) atoms. The lowest BCUT2D eigenvalue weighted by molar-refractivity contribution is -0.133. The molecule has 0 atom stereocenters. The van der Waals surface area contributed by atoms with E-state index < -0.39 is 0 Å². The number of fused-ring (bicyclic) bond motifs is 1. The second-order valence-corrected chi connectivity index (χ2v) is 8.44. The summed E-state index contributed by atoms with van der Waals surface area (Å²) in [6.07, 6.45) is 3.97. The molecule has 0 saturated carbocycles. The van der Waals surface area contributed by atoms with Gasteiger partial charge in [-0.3, -0.25) is 9.69 Å². The van der Waals surface area contributed by atoms with Gasteiger partial charge in [0.05, 0.1) is 47.1 Å². The van der Waals surface area contributed by atoms with E-state index in [0.29, 0.717) is 32.0 Å². The van der Waals surface area contributed by atoms with Gasteiger partial charge in [0.1, 0.15) is 5.76 Å². The van der Waals surface area contributed by atoms with E-state index >= 15 is 0 Å². The summed E-state index contributed by atoms with van der Waals surface area (Å²) in [5.74, 6) is 1.26. The molecule has 4 rings (SSSR count). The van der Waals surface area contributed by atoms with Crippen molar-refractivity contribution in [2.45, 2.75) is 31.7 Å². The van der Waals surface area contributed by atoms with Crippen LogP contribution >= 0.6 is 11.3 Å². The molecule has 0 aliphatic carbocycles. The normalized spacial score (nSPS) is 15.4. The van der Waals surface area contributed by atoms with E-state index in [0.717, 1.165) is 37.2 Å². The number of carbonyl (C=O) groups is 1. The van der Waals surface area contributed by atoms with Gasteiger partial charge < -0.3 is 9.32 Å². The molecule has 1 saturated heterocycles. The molecule has 0 N–H and O–H groups in total. The smallest absolute Gasteiger partial charge is 0.237 e. The minimum Gasteiger partial charge on any atom is -0.467 e. The fourth-order valence-electron chi connectivity index (χ4n) is 3.76. The minimum absolute atomic E-state index is 0.0510. The lowest BCUT2D eigenvalue weighted by atomic mass is 9.97. The van der Waals surface area contributed by atoms with Gasteiger partial charge in [-0.1, -0.05) is 12.1 Å². The highest BCUT2D eigenvalue weighted by Gasteiger charge is 2.26. The van der Waals surface area contributed by atoms with Crippen LogP contribution in [0.4, 0.5) is 0 Å². The fraction of sp³-hybridized carbons (Fsp3) is 0.409. The Kier molecular flexibility index (Phi) is 6.23. The number of aromatic nitrogens is 1.